The summed E-state index contributed by atoms with van der Waals surface area (Å²) >= 11 is 1.29. The van der Waals surface area contributed by atoms with Gasteiger partial charge in [-0.15, -0.1) is 11.3 Å². The van der Waals surface area contributed by atoms with Crippen LogP contribution >= 0.6 is 11.3 Å². The average molecular weight is 555 g/mol. The summed E-state index contributed by atoms with van der Waals surface area (Å²) in [6.45, 7) is 0.540. The molecule has 2 fully saturated rings. The second kappa shape index (κ2) is 11.6. The number of hydrogen-bond acceptors (Lipinski definition) is 7. The van der Waals surface area contributed by atoms with E-state index in [1.54, 1.807) is 23.7 Å². The van der Waals surface area contributed by atoms with E-state index in [0.29, 0.717) is 30.2 Å². The first kappa shape index (κ1) is 26.3. The lowest BCUT2D eigenvalue weighted by atomic mass is 10.2. The molecule has 2 aliphatic rings. The van der Waals surface area contributed by atoms with Gasteiger partial charge in [-0.05, 0) is 55.5 Å². The molecule has 1 atom stereocenters. The highest BCUT2D eigenvalue weighted by atomic mass is 32.2. The van der Waals surface area contributed by atoms with Crippen molar-refractivity contribution in [3.05, 3.63) is 71.7 Å². The van der Waals surface area contributed by atoms with Crippen molar-refractivity contribution < 1.29 is 22.7 Å². The largest absolute Gasteiger partial charge is 0.445 e. The lowest BCUT2D eigenvalue weighted by molar-refractivity contribution is -0.121. The Labute approximate surface area is 226 Å². The molecule has 38 heavy (non-hydrogen) atoms. The molecular formula is C27H30N4O5S2. The molecule has 9 nitrogen and oxygen atoms in total. The van der Waals surface area contributed by atoms with Crippen LogP contribution in [0.25, 0.3) is 0 Å². The Kier molecular flexibility index (Phi) is 8.06. The maximum absolute atomic E-state index is 13.9. The van der Waals surface area contributed by atoms with Crippen molar-refractivity contribution in [2.75, 3.05) is 11.4 Å². The first-order chi connectivity index (χ1) is 18.4. The van der Waals surface area contributed by atoms with Gasteiger partial charge >= 0.3 is 6.09 Å². The first-order valence-electron chi connectivity index (χ1n) is 12.8. The number of anilines is 2. The molecule has 200 valence electrons. The van der Waals surface area contributed by atoms with Crippen LogP contribution in [-0.4, -0.2) is 48.9 Å². The molecule has 1 aromatic heterocycles. The van der Waals surface area contributed by atoms with E-state index in [1.807, 2.05) is 30.3 Å². The number of rotatable bonds is 8. The fourth-order valence-corrected chi connectivity index (χ4v) is 6.93. The molecule has 1 saturated heterocycles. The van der Waals surface area contributed by atoms with Crippen LogP contribution in [0.4, 0.5) is 15.6 Å². The summed E-state index contributed by atoms with van der Waals surface area (Å²) in [5.74, 6) is -0.311. The van der Waals surface area contributed by atoms with Crippen molar-refractivity contribution in [2.24, 2.45) is 0 Å². The van der Waals surface area contributed by atoms with Gasteiger partial charge in [0.2, 0.25) is 10.0 Å². The molecule has 2 aromatic carbocycles. The lowest BCUT2D eigenvalue weighted by Crippen LogP contribution is -2.46. The van der Waals surface area contributed by atoms with E-state index in [0.717, 1.165) is 31.2 Å². The summed E-state index contributed by atoms with van der Waals surface area (Å²) in [5.41, 5.74) is 1.35. The number of carbonyl (C=O) groups is 2. The van der Waals surface area contributed by atoms with Crippen molar-refractivity contribution in [3.63, 3.8) is 0 Å². The highest BCUT2D eigenvalue weighted by molar-refractivity contribution is 7.89. The van der Waals surface area contributed by atoms with Crippen LogP contribution in [0.2, 0.25) is 0 Å². The van der Waals surface area contributed by atoms with E-state index < -0.39 is 22.2 Å². The second-order valence-electron chi connectivity index (χ2n) is 9.48. The number of nitrogens with one attached hydrogen (secondary N) is 1. The number of ether oxygens (including phenoxy) is 1. The Morgan fingerprint density at radius 1 is 1.03 bits per heavy atom. The second-order valence-corrected chi connectivity index (χ2v) is 12.1. The topological polar surface area (TPSA) is 109 Å². The van der Waals surface area contributed by atoms with Gasteiger partial charge in [-0.2, -0.15) is 0 Å². The number of benzene rings is 2. The smallest absolute Gasteiger partial charge is 0.410 e. The van der Waals surface area contributed by atoms with Crippen LogP contribution in [0.15, 0.2) is 71.1 Å². The third-order valence-electron chi connectivity index (χ3n) is 6.89. The highest BCUT2D eigenvalue weighted by Gasteiger charge is 2.39. The molecule has 1 unspecified atom stereocenters. The van der Waals surface area contributed by atoms with Gasteiger partial charge in [0, 0.05) is 24.2 Å². The number of hydrogen-bond donors (Lipinski definition) is 1. The average Bonchev–Trinajstić information content (AvgIpc) is 3.72. The molecule has 1 saturated carbocycles. The number of sulfonamides is 1. The van der Waals surface area contributed by atoms with Gasteiger partial charge in [0.25, 0.3) is 5.91 Å². The summed E-state index contributed by atoms with van der Waals surface area (Å²) in [7, 11) is -3.66. The number of carbonyl (C=O) groups excluding carboxylic acids is 2. The molecule has 5 rings (SSSR count). The molecule has 11 heteroatoms. The Morgan fingerprint density at radius 3 is 2.45 bits per heavy atom. The van der Waals surface area contributed by atoms with E-state index >= 15 is 0 Å². The minimum atomic E-state index is -3.66. The summed E-state index contributed by atoms with van der Waals surface area (Å²) in [5, 5.41) is 2.21. The highest BCUT2D eigenvalue weighted by Crippen LogP contribution is 2.32. The number of aromatic nitrogens is 1. The first-order valence-corrected chi connectivity index (χ1v) is 15.1. The zero-order chi connectivity index (χ0) is 26.5. The molecule has 2 amide bonds. The Balaban J connectivity index is 1.34. The zero-order valence-electron chi connectivity index (χ0n) is 20.9. The molecule has 1 N–H and O–H groups in total. The fraction of sp³-hybridized carbons (Fsp3) is 0.370. The number of likely N-dealkylation sites (tertiary alicyclic amines) is 1. The molecule has 2 heterocycles. The molecule has 3 aromatic rings. The van der Waals surface area contributed by atoms with Crippen LogP contribution in [0, 0.1) is 0 Å². The van der Waals surface area contributed by atoms with Gasteiger partial charge < -0.3 is 4.74 Å². The van der Waals surface area contributed by atoms with Gasteiger partial charge in [-0.1, -0.05) is 43.2 Å². The van der Waals surface area contributed by atoms with Crippen LogP contribution < -0.4 is 9.62 Å². The van der Waals surface area contributed by atoms with Crippen LogP contribution in [0.5, 0.6) is 0 Å². The van der Waals surface area contributed by atoms with Gasteiger partial charge in [0.1, 0.15) is 12.6 Å². The molecule has 1 aliphatic carbocycles. The Bertz CT molecular complexity index is 1340. The van der Waals surface area contributed by atoms with Crippen molar-refractivity contribution in [2.45, 2.75) is 62.1 Å². The van der Waals surface area contributed by atoms with Crippen molar-refractivity contribution >= 4 is 44.2 Å². The van der Waals surface area contributed by atoms with Crippen LogP contribution in [-0.2, 0) is 26.2 Å². The summed E-state index contributed by atoms with van der Waals surface area (Å²) in [6.07, 6.45) is 5.97. The van der Waals surface area contributed by atoms with E-state index in [9.17, 15) is 18.0 Å². The number of amides is 2. The van der Waals surface area contributed by atoms with Gasteiger partial charge in [-0.3, -0.25) is 14.6 Å². The predicted octanol–water partition coefficient (Wildman–Crippen LogP) is 4.83. The summed E-state index contributed by atoms with van der Waals surface area (Å²) < 4.78 is 34.0. The van der Waals surface area contributed by atoms with Crippen LogP contribution in [0.1, 0.15) is 44.1 Å². The summed E-state index contributed by atoms with van der Waals surface area (Å²) in [4.78, 5) is 34.2. The summed E-state index contributed by atoms with van der Waals surface area (Å²) in [6, 6.07) is 14.8. The third kappa shape index (κ3) is 5.90. The minimum absolute atomic E-state index is 0.0388. The normalized spacial score (nSPS) is 18.0. The number of nitrogens with zero attached hydrogens (tertiary/aromatic N) is 3. The van der Waals surface area contributed by atoms with E-state index in [-0.39, 0.29) is 23.5 Å². The lowest BCUT2D eigenvalue weighted by Gasteiger charge is -2.28. The standard InChI is InChI=1S/C27H30N4O5S2/c32-25(24-11-6-17-30(24)27(33)36-19-20-7-2-1-3-8-20)31(26-28-16-18-37-26)22-12-14-23(15-13-22)38(34,35)29-21-9-4-5-10-21/h1-3,7-8,12-16,18,21,24,29H,4-6,9-11,17,19H2. The maximum Gasteiger partial charge on any atom is 0.410 e. The van der Waals surface area contributed by atoms with E-state index in [1.165, 1.54) is 33.3 Å². The zero-order valence-corrected chi connectivity index (χ0v) is 22.5. The van der Waals surface area contributed by atoms with Crippen molar-refractivity contribution in [1.82, 2.24) is 14.6 Å². The van der Waals surface area contributed by atoms with E-state index in [4.69, 9.17) is 4.74 Å². The van der Waals surface area contributed by atoms with Gasteiger partial charge in [0.05, 0.1) is 10.6 Å². The Hall–Kier alpha value is -3.28. The van der Waals surface area contributed by atoms with Crippen LogP contribution in [0.3, 0.4) is 0 Å². The molecule has 0 radical (unpaired) electrons. The van der Waals surface area contributed by atoms with Crippen molar-refractivity contribution in [1.29, 1.82) is 0 Å². The minimum Gasteiger partial charge on any atom is -0.445 e. The molecule has 1 aliphatic heterocycles. The Morgan fingerprint density at radius 2 is 1.76 bits per heavy atom. The molecule has 0 bridgehead atoms. The maximum atomic E-state index is 13.9. The fourth-order valence-electron chi connectivity index (χ4n) is 4.96. The van der Waals surface area contributed by atoms with Gasteiger partial charge in [0.15, 0.2) is 5.13 Å². The van der Waals surface area contributed by atoms with Crippen molar-refractivity contribution in [3.8, 4) is 0 Å². The molecule has 0 spiro atoms. The number of thiazole rings is 1. The monoisotopic (exact) mass is 554 g/mol. The van der Waals surface area contributed by atoms with E-state index in [2.05, 4.69) is 9.71 Å². The molecular weight excluding hydrogens is 524 g/mol. The SMILES string of the molecule is O=C(C1CCCN1C(=O)OCc1ccccc1)N(c1ccc(S(=O)(=O)NC2CCCC2)cc1)c1nccs1. The van der Waals surface area contributed by atoms with Gasteiger partial charge in [-0.25, -0.2) is 22.9 Å². The predicted molar refractivity (Wildman–Crippen MR) is 145 cm³/mol. The third-order valence-corrected chi connectivity index (χ3v) is 9.18. The quantitative estimate of drug-likeness (QED) is 0.427.